The van der Waals surface area contributed by atoms with Gasteiger partial charge < -0.3 is 10.2 Å². The summed E-state index contributed by atoms with van der Waals surface area (Å²) in [5.41, 5.74) is 1.04. The zero-order chi connectivity index (χ0) is 12.3. The van der Waals surface area contributed by atoms with Crippen molar-refractivity contribution in [3.05, 3.63) is 23.9 Å². The molecule has 0 radical (unpaired) electrons. The average molecular weight is 251 g/mol. The molecule has 6 heteroatoms. The molecule has 17 heavy (non-hydrogen) atoms. The molecule has 0 spiro atoms. The van der Waals surface area contributed by atoms with Gasteiger partial charge in [0.2, 0.25) is 5.91 Å². The van der Waals surface area contributed by atoms with Crippen LogP contribution in [0.2, 0.25) is 0 Å². The van der Waals surface area contributed by atoms with Crippen molar-refractivity contribution in [1.82, 2.24) is 9.88 Å². The minimum Gasteiger partial charge on any atom is -0.323 e. The summed E-state index contributed by atoms with van der Waals surface area (Å²) in [5.74, 6) is 1.06. The molecule has 2 amide bonds. The molecule has 0 saturated carbocycles. The van der Waals surface area contributed by atoms with E-state index in [0.717, 1.165) is 11.3 Å². The summed E-state index contributed by atoms with van der Waals surface area (Å²) in [6.07, 6.45) is 1.69. The minimum absolute atomic E-state index is 0.0305. The number of nitrogens with zero attached hydrogens (tertiary/aromatic N) is 2. The lowest BCUT2D eigenvalue weighted by atomic mass is 10.3. The summed E-state index contributed by atoms with van der Waals surface area (Å²) in [6.45, 7) is 2.67. The molecule has 2 heterocycles. The van der Waals surface area contributed by atoms with Crippen LogP contribution in [-0.2, 0) is 4.79 Å². The summed E-state index contributed by atoms with van der Waals surface area (Å²) in [4.78, 5) is 28.6. The van der Waals surface area contributed by atoms with Crippen molar-refractivity contribution in [2.75, 3.05) is 24.2 Å². The van der Waals surface area contributed by atoms with E-state index in [1.165, 1.54) is 16.7 Å². The maximum absolute atomic E-state index is 11.6. The third-order valence-electron chi connectivity index (χ3n) is 2.36. The molecule has 0 atom stereocenters. The Balaban J connectivity index is 1.88. The van der Waals surface area contributed by atoms with E-state index in [1.54, 1.807) is 12.3 Å². The molecule has 5 nitrogen and oxygen atoms in total. The Labute approximate surface area is 104 Å². The number of pyridine rings is 1. The first-order valence-corrected chi connectivity index (χ1v) is 6.28. The van der Waals surface area contributed by atoms with E-state index < -0.39 is 0 Å². The maximum Gasteiger partial charge on any atom is 0.282 e. The number of carbonyl (C=O) groups is 2. The lowest BCUT2D eigenvalue weighted by Crippen LogP contribution is -2.33. The van der Waals surface area contributed by atoms with Crippen molar-refractivity contribution in [3.8, 4) is 0 Å². The van der Waals surface area contributed by atoms with Crippen molar-refractivity contribution in [2.24, 2.45) is 0 Å². The molecule has 1 aromatic rings. The molecule has 1 aromatic heterocycles. The second kappa shape index (κ2) is 5.18. The van der Waals surface area contributed by atoms with Crippen LogP contribution in [0.15, 0.2) is 18.3 Å². The molecule has 1 aliphatic heterocycles. The Morgan fingerprint density at radius 2 is 2.41 bits per heavy atom. The Hall–Kier alpha value is -1.56. The predicted molar refractivity (Wildman–Crippen MR) is 67.0 cm³/mol. The maximum atomic E-state index is 11.6. The Kier molecular flexibility index (Phi) is 3.63. The fourth-order valence-corrected chi connectivity index (χ4v) is 2.29. The fraction of sp³-hybridized carbons (Fsp3) is 0.364. The number of rotatable bonds is 3. The van der Waals surface area contributed by atoms with Gasteiger partial charge in [-0.1, -0.05) is 17.8 Å². The molecule has 1 aliphatic rings. The van der Waals surface area contributed by atoms with Gasteiger partial charge in [0, 0.05) is 18.5 Å². The number of hydrogen-bond donors (Lipinski definition) is 1. The van der Waals surface area contributed by atoms with Crippen LogP contribution in [0.3, 0.4) is 0 Å². The second-order valence-corrected chi connectivity index (χ2v) is 4.85. The van der Waals surface area contributed by atoms with Crippen LogP contribution in [0.1, 0.15) is 5.56 Å². The zero-order valence-corrected chi connectivity index (χ0v) is 10.3. The van der Waals surface area contributed by atoms with Crippen LogP contribution < -0.4 is 5.32 Å². The van der Waals surface area contributed by atoms with Crippen LogP contribution >= 0.6 is 11.8 Å². The van der Waals surface area contributed by atoms with Gasteiger partial charge in [-0.05, 0) is 18.6 Å². The van der Waals surface area contributed by atoms with Crippen LogP contribution in [-0.4, -0.2) is 39.9 Å². The van der Waals surface area contributed by atoms with E-state index in [4.69, 9.17) is 0 Å². The topological polar surface area (TPSA) is 62.3 Å². The Bertz CT molecular complexity index is 433. The molecule has 1 saturated heterocycles. The SMILES string of the molecule is Cc1ccc(NC(=O)CN2CCSC2=O)nc1. The number of nitrogens with one attached hydrogen (secondary N) is 1. The van der Waals surface area contributed by atoms with Crippen LogP contribution in [0.5, 0.6) is 0 Å². The first-order chi connectivity index (χ1) is 8.15. The predicted octanol–water partition coefficient (Wildman–Crippen LogP) is 1.50. The smallest absolute Gasteiger partial charge is 0.282 e. The van der Waals surface area contributed by atoms with E-state index in [9.17, 15) is 9.59 Å². The van der Waals surface area contributed by atoms with Crippen molar-refractivity contribution in [1.29, 1.82) is 0 Å². The van der Waals surface area contributed by atoms with Crippen LogP contribution in [0.4, 0.5) is 10.6 Å². The van der Waals surface area contributed by atoms with E-state index in [-0.39, 0.29) is 17.7 Å². The first kappa shape index (κ1) is 11.9. The summed E-state index contributed by atoms with van der Waals surface area (Å²) in [7, 11) is 0. The molecule has 0 unspecified atom stereocenters. The molecule has 2 rings (SSSR count). The lowest BCUT2D eigenvalue weighted by Gasteiger charge is -2.13. The molecule has 1 N–H and O–H groups in total. The number of amides is 2. The number of thioether (sulfide) groups is 1. The average Bonchev–Trinajstić information content (AvgIpc) is 2.68. The van der Waals surface area contributed by atoms with Crippen molar-refractivity contribution in [3.63, 3.8) is 0 Å². The van der Waals surface area contributed by atoms with Crippen LogP contribution in [0.25, 0.3) is 0 Å². The number of anilines is 1. The van der Waals surface area contributed by atoms with Gasteiger partial charge in [0.15, 0.2) is 0 Å². The van der Waals surface area contributed by atoms with E-state index in [0.29, 0.717) is 12.4 Å². The van der Waals surface area contributed by atoms with Gasteiger partial charge in [-0.15, -0.1) is 0 Å². The number of carbonyl (C=O) groups excluding carboxylic acids is 2. The standard InChI is InChI=1S/C11H13N3O2S/c1-8-2-3-9(12-6-8)13-10(15)7-14-4-5-17-11(14)16/h2-3,6H,4-5,7H2,1H3,(H,12,13,15). The highest BCUT2D eigenvalue weighted by Gasteiger charge is 2.23. The molecule has 0 aliphatic carbocycles. The summed E-state index contributed by atoms with van der Waals surface area (Å²) in [5, 5.41) is 2.63. The Morgan fingerprint density at radius 3 is 3.00 bits per heavy atom. The van der Waals surface area contributed by atoms with E-state index >= 15 is 0 Å². The monoisotopic (exact) mass is 251 g/mol. The first-order valence-electron chi connectivity index (χ1n) is 5.29. The molecule has 0 bridgehead atoms. The highest BCUT2D eigenvalue weighted by Crippen LogP contribution is 2.16. The molecular formula is C11H13N3O2S. The summed E-state index contributed by atoms with van der Waals surface area (Å²) in [6, 6.07) is 3.62. The van der Waals surface area contributed by atoms with Gasteiger partial charge in [0.1, 0.15) is 12.4 Å². The number of aryl methyl sites for hydroxylation is 1. The second-order valence-electron chi connectivity index (χ2n) is 3.80. The molecule has 1 fully saturated rings. The largest absolute Gasteiger partial charge is 0.323 e. The fourth-order valence-electron chi connectivity index (χ4n) is 1.47. The highest BCUT2D eigenvalue weighted by molar-refractivity contribution is 8.13. The number of aromatic nitrogens is 1. The third kappa shape index (κ3) is 3.20. The normalized spacial score (nSPS) is 15.1. The summed E-state index contributed by atoms with van der Waals surface area (Å²) >= 11 is 1.25. The Morgan fingerprint density at radius 1 is 1.59 bits per heavy atom. The number of hydrogen-bond acceptors (Lipinski definition) is 4. The minimum atomic E-state index is -0.211. The van der Waals surface area contributed by atoms with Gasteiger partial charge >= 0.3 is 0 Å². The quantitative estimate of drug-likeness (QED) is 0.884. The lowest BCUT2D eigenvalue weighted by molar-refractivity contribution is -0.116. The zero-order valence-electron chi connectivity index (χ0n) is 9.47. The van der Waals surface area contributed by atoms with Crippen molar-refractivity contribution < 1.29 is 9.59 Å². The molecule has 90 valence electrons. The van der Waals surface area contributed by atoms with Gasteiger partial charge in [-0.3, -0.25) is 9.59 Å². The molecule has 0 aromatic carbocycles. The van der Waals surface area contributed by atoms with Crippen molar-refractivity contribution >= 4 is 28.7 Å². The van der Waals surface area contributed by atoms with Gasteiger partial charge in [-0.2, -0.15) is 0 Å². The van der Waals surface area contributed by atoms with E-state index in [2.05, 4.69) is 10.3 Å². The molecular weight excluding hydrogens is 238 g/mol. The highest BCUT2D eigenvalue weighted by atomic mass is 32.2. The van der Waals surface area contributed by atoms with E-state index in [1.807, 2.05) is 13.0 Å². The van der Waals surface area contributed by atoms with Crippen molar-refractivity contribution in [2.45, 2.75) is 6.92 Å². The van der Waals surface area contributed by atoms with Gasteiger partial charge in [0.25, 0.3) is 5.24 Å². The van der Waals surface area contributed by atoms with Gasteiger partial charge in [-0.25, -0.2) is 4.98 Å². The van der Waals surface area contributed by atoms with Crippen LogP contribution in [0, 0.1) is 6.92 Å². The van der Waals surface area contributed by atoms with Gasteiger partial charge in [0.05, 0.1) is 0 Å². The third-order valence-corrected chi connectivity index (χ3v) is 3.25. The summed E-state index contributed by atoms with van der Waals surface area (Å²) < 4.78 is 0.